The molecule has 0 amide bonds. The van der Waals surface area contributed by atoms with Crippen LogP contribution >= 0.6 is 0 Å². The van der Waals surface area contributed by atoms with Crippen molar-refractivity contribution in [3.05, 3.63) is 35.4 Å². The molecule has 0 spiro atoms. The number of esters is 1. The normalized spacial score (nSPS) is 15.6. The zero-order valence-electron chi connectivity index (χ0n) is 12.4. The monoisotopic (exact) mass is 263 g/mol. The first-order chi connectivity index (χ1) is 9.00. The Morgan fingerprint density at radius 1 is 1.47 bits per heavy atom. The number of hydrogen-bond acceptors (Lipinski definition) is 3. The van der Waals surface area contributed by atoms with Gasteiger partial charge in [0.05, 0.1) is 7.11 Å². The Morgan fingerprint density at radius 3 is 2.63 bits per heavy atom. The number of aryl methyl sites for hydroxylation is 1. The van der Waals surface area contributed by atoms with Gasteiger partial charge in [-0.2, -0.15) is 0 Å². The van der Waals surface area contributed by atoms with Crippen LogP contribution in [0.2, 0.25) is 0 Å². The fourth-order valence-corrected chi connectivity index (χ4v) is 2.48. The fourth-order valence-electron chi connectivity index (χ4n) is 2.48. The van der Waals surface area contributed by atoms with Gasteiger partial charge in [-0.25, -0.2) is 0 Å². The van der Waals surface area contributed by atoms with E-state index in [1.54, 1.807) is 0 Å². The van der Waals surface area contributed by atoms with Crippen molar-refractivity contribution in [2.45, 2.75) is 39.0 Å². The van der Waals surface area contributed by atoms with Crippen molar-refractivity contribution in [3.8, 4) is 0 Å². The van der Waals surface area contributed by atoms with Gasteiger partial charge in [-0.05, 0) is 24.8 Å². The number of benzene rings is 1. The molecule has 2 unspecified atom stereocenters. The largest absolute Gasteiger partial charge is 0.468 e. The molecular weight excluding hydrogens is 238 g/mol. The van der Waals surface area contributed by atoms with Crippen LogP contribution in [-0.4, -0.2) is 19.6 Å². The Morgan fingerprint density at radius 2 is 2.16 bits per heavy atom. The van der Waals surface area contributed by atoms with Gasteiger partial charge in [0.2, 0.25) is 0 Å². The second-order valence-corrected chi connectivity index (χ2v) is 5.36. The van der Waals surface area contributed by atoms with Crippen molar-refractivity contribution in [1.82, 2.24) is 0 Å². The first kappa shape index (κ1) is 15.7. The van der Waals surface area contributed by atoms with Crippen LogP contribution in [-0.2, 0) is 14.9 Å². The van der Waals surface area contributed by atoms with Gasteiger partial charge in [0.1, 0.15) is 5.41 Å². The standard InChI is InChI=1S/C16H25NO2/c1-5-12(2)10-16(11-17,15(18)19-4)14-8-6-7-13(3)9-14/h6-9,12H,5,10-11,17H2,1-4H3. The highest BCUT2D eigenvalue weighted by atomic mass is 16.5. The van der Waals surface area contributed by atoms with Crippen molar-refractivity contribution >= 4 is 5.97 Å². The summed E-state index contributed by atoms with van der Waals surface area (Å²) in [4.78, 5) is 12.3. The van der Waals surface area contributed by atoms with E-state index in [1.807, 2.05) is 31.2 Å². The predicted molar refractivity (Wildman–Crippen MR) is 78.0 cm³/mol. The topological polar surface area (TPSA) is 52.3 Å². The first-order valence-electron chi connectivity index (χ1n) is 6.85. The summed E-state index contributed by atoms with van der Waals surface area (Å²) in [5.41, 5.74) is 7.33. The quantitative estimate of drug-likeness (QED) is 0.803. The molecule has 0 bridgehead atoms. The van der Waals surface area contributed by atoms with E-state index in [1.165, 1.54) is 7.11 Å². The summed E-state index contributed by atoms with van der Waals surface area (Å²) in [6.07, 6.45) is 1.74. The van der Waals surface area contributed by atoms with Crippen LogP contribution in [0.25, 0.3) is 0 Å². The number of carbonyl (C=O) groups is 1. The van der Waals surface area contributed by atoms with Gasteiger partial charge in [0.15, 0.2) is 0 Å². The maximum absolute atomic E-state index is 12.3. The van der Waals surface area contributed by atoms with Gasteiger partial charge in [-0.15, -0.1) is 0 Å². The smallest absolute Gasteiger partial charge is 0.317 e. The Labute approximate surface area is 116 Å². The van der Waals surface area contributed by atoms with Crippen LogP contribution in [0.3, 0.4) is 0 Å². The zero-order chi connectivity index (χ0) is 14.5. The highest BCUT2D eigenvalue weighted by molar-refractivity contribution is 5.83. The fraction of sp³-hybridized carbons (Fsp3) is 0.562. The molecule has 0 aliphatic carbocycles. The van der Waals surface area contributed by atoms with Gasteiger partial charge in [0, 0.05) is 6.54 Å². The summed E-state index contributed by atoms with van der Waals surface area (Å²) in [7, 11) is 1.43. The SMILES string of the molecule is CCC(C)CC(CN)(C(=O)OC)c1cccc(C)c1. The van der Waals surface area contributed by atoms with Crippen molar-refractivity contribution in [3.63, 3.8) is 0 Å². The van der Waals surface area contributed by atoms with Crippen molar-refractivity contribution in [1.29, 1.82) is 0 Å². The first-order valence-corrected chi connectivity index (χ1v) is 6.85. The second kappa shape index (κ2) is 6.71. The molecular formula is C16H25NO2. The lowest BCUT2D eigenvalue weighted by molar-refractivity contribution is -0.148. The molecule has 2 N–H and O–H groups in total. The van der Waals surface area contributed by atoms with Crippen LogP contribution in [0.4, 0.5) is 0 Å². The Balaban J connectivity index is 3.27. The molecule has 3 nitrogen and oxygen atoms in total. The van der Waals surface area contributed by atoms with Gasteiger partial charge < -0.3 is 10.5 Å². The molecule has 1 rings (SSSR count). The molecule has 0 fully saturated rings. The number of rotatable bonds is 6. The summed E-state index contributed by atoms with van der Waals surface area (Å²) < 4.78 is 5.03. The molecule has 1 aromatic carbocycles. The predicted octanol–water partition coefficient (Wildman–Crippen LogP) is 2.80. The molecule has 0 heterocycles. The van der Waals surface area contributed by atoms with Crippen LogP contribution in [0, 0.1) is 12.8 Å². The summed E-state index contributed by atoms with van der Waals surface area (Å²) in [5.74, 6) is 0.184. The van der Waals surface area contributed by atoms with E-state index in [9.17, 15) is 4.79 Å². The number of nitrogens with two attached hydrogens (primary N) is 1. The highest BCUT2D eigenvalue weighted by Crippen LogP contribution is 2.33. The average Bonchev–Trinajstić information content (AvgIpc) is 2.43. The van der Waals surface area contributed by atoms with Crippen molar-refractivity contribution in [2.24, 2.45) is 11.7 Å². The van der Waals surface area contributed by atoms with E-state index >= 15 is 0 Å². The van der Waals surface area contributed by atoms with Gasteiger partial charge >= 0.3 is 5.97 Å². The number of hydrogen-bond donors (Lipinski definition) is 1. The molecule has 0 saturated carbocycles. The summed E-state index contributed by atoms with van der Waals surface area (Å²) in [5, 5.41) is 0. The Bertz CT molecular complexity index is 431. The lowest BCUT2D eigenvalue weighted by Crippen LogP contribution is -2.45. The Kier molecular flexibility index (Phi) is 5.55. The highest BCUT2D eigenvalue weighted by Gasteiger charge is 2.41. The van der Waals surface area contributed by atoms with E-state index in [0.717, 1.165) is 24.0 Å². The third-order valence-electron chi connectivity index (χ3n) is 3.89. The van der Waals surface area contributed by atoms with Crippen LogP contribution in [0.1, 0.15) is 37.8 Å². The molecule has 0 radical (unpaired) electrons. The van der Waals surface area contributed by atoms with E-state index in [2.05, 4.69) is 13.8 Å². The van der Waals surface area contributed by atoms with Crippen LogP contribution < -0.4 is 5.73 Å². The molecule has 106 valence electrons. The van der Waals surface area contributed by atoms with E-state index in [4.69, 9.17) is 10.5 Å². The maximum Gasteiger partial charge on any atom is 0.317 e. The molecule has 0 saturated heterocycles. The molecule has 19 heavy (non-hydrogen) atoms. The van der Waals surface area contributed by atoms with E-state index in [-0.39, 0.29) is 12.5 Å². The summed E-state index contributed by atoms with van der Waals surface area (Å²) >= 11 is 0. The minimum Gasteiger partial charge on any atom is -0.468 e. The summed E-state index contributed by atoms with van der Waals surface area (Å²) in [6, 6.07) is 7.99. The third-order valence-corrected chi connectivity index (χ3v) is 3.89. The van der Waals surface area contributed by atoms with Crippen molar-refractivity contribution in [2.75, 3.05) is 13.7 Å². The molecule has 0 aliphatic heterocycles. The molecule has 0 aromatic heterocycles. The molecule has 3 heteroatoms. The minimum atomic E-state index is -0.726. The van der Waals surface area contributed by atoms with E-state index < -0.39 is 5.41 Å². The Hall–Kier alpha value is -1.35. The molecule has 1 aromatic rings. The molecule has 2 atom stereocenters. The van der Waals surface area contributed by atoms with Gasteiger partial charge in [-0.3, -0.25) is 4.79 Å². The number of ether oxygens (including phenoxy) is 1. The van der Waals surface area contributed by atoms with E-state index in [0.29, 0.717) is 5.92 Å². The molecule has 0 aliphatic rings. The lowest BCUT2D eigenvalue weighted by atomic mass is 9.73. The number of methoxy groups -OCH3 is 1. The number of carbonyl (C=O) groups excluding carboxylic acids is 1. The zero-order valence-corrected chi connectivity index (χ0v) is 12.4. The maximum atomic E-state index is 12.3. The second-order valence-electron chi connectivity index (χ2n) is 5.36. The summed E-state index contributed by atoms with van der Waals surface area (Å²) in [6.45, 7) is 6.56. The third kappa shape index (κ3) is 3.35. The van der Waals surface area contributed by atoms with Crippen LogP contribution in [0.15, 0.2) is 24.3 Å². The lowest BCUT2D eigenvalue weighted by Gasteiger charge is -2.32. The van der Waals surface area contributed by atoms with Crippen LogP contribution in [0.5, 0.6) is 0 Å². The van der Waals surface area contributed by atoms with Crippen molar-refractivity contribution < 1.29 is 9.53 Å². The van der Waals surface area contributed by atoms with Gasteiger partial charge in [-0.1, -0.05) is 50.1 Å². The minimum absolute atomic E-state index is 0.235. The van der Waals surface area contributed by atoms with Gasteiger partial charge in [0.25, 0.3) is 0 Å². The average molecular weight is 263 g/mol.